The van der Waals surface area contributed by atoms with Crippen molar-refractivity contribution in [2.24, 2.45) is 0 Å². The van der Waals surface area contributed by atoms with Crippen molar-refractivity contribution in [1.82, 2.24) is 5.32 Å². The van der Waals surface area contributed by atoms with E-state index in [2.05, 4.69) is 10.6 Å². The van der Waals surface area contributed by atoms with Gasteiger partial charge in [0.2, 0.25) is 5.91 Å². The zero-order valence-corrected chi connectivity index (χ0v) is 11.0. The fourth-order valence-electron chi connectivity index (χ4n) is 1.12. The van der Waals surface area contributed by atoms with Crippen LogP contribution in [0.15, 0.2) is 18.2 Å². The number of carbonyl (C=O) groups is 2. The van der Waals surface area contributed by atoms with Crippen LogP contribution in [0, 0.1) is 0 Å². The second-order valence-electron chi connectivity index (χ2n) is 3.61. The third-order valence-corrected chi connectivity index (χ3v) is 2.71. The highest BCUT2D eigenvalue weighted by Gasteiger charge is 2.12. The van der Waals surface area contributed by atoms with Crippen LogP contribution in [0.2, 0.25) is 10.0 Å². The molecule has 0 aromatic heterocycles. The van der Waals surface area contributed by atoms with Gasteiger partial charge in [0.15, 0.2) is 0 Å². The number of carboxylic acid groups (broad SMARTS) is 1. The molecule has 0 fully saturated rings. The highest BCUT2D eigenvalue weighted by atomic mass is 35.5. The van der Waals surface area contributed by atoms with Crippen molar-refractivity contribution in [2.45, 2.75) is 13.0 Å². The van der Waals surface area contributed by atoms with Gasteiger partial charge in [-0.25, -0.2) is 0 Å². The molecule has 0 bridgehead atoms. The Hall–Kier alpha value is -1.30. The number of benzene rings is 1. The molecule has 0 aliphatic rings. The molecule has 1 amide bonds. The summed E-state index contributed by atoms with van der Waals surface area (Å²) in [6.45, 7) is 1.32. The summed E-state index contributed by atoms with van der Waals surface area (Å²) in [7, 11) is 0. The molecule has 0 aliphatic carbocycles. The van der Waals surface area contributed by atoms with Crippen molar-refractivity contribution < 1.29 is 14.7 Å². The molecule has 3 N–H and O–H groups in total. The lowest BCUT2D eigenvalue weighted by atomic mass is 10.3. The van der Waals surface area contributed by atoms with E-state index >= 15 is 0 Å². The molecule has 98 valence electrons. The van der Waals surface area contributed by atoms with Crippen LogP contribution < -0.4 is 10.6 Å². The number of carbonyl (C=O) groups excluding carboxylic acids is 1. The van der Waals surface area contributed by atoms with E-state index in [1.807, 2.05) is 0 Å². The molecule has 0 saturated heterocycles. The van der Waals surface area contributed by atoms with Gasteiger partial charge in [0.1, 0.15) is 6.04 Å². The summed E-state index contributed by atoms with van der Waals surface area (Å²) in [5.74, 6) is -1.42. The summed E-state index contributed by atoms with van der Waals surface area (Å²) in [6.07, 6.45) is 0. The van der Waals surface area contributed by atoms with Crippen LogP contribution in [0.4, 0.5) is 5.69 Å². The molecule has 1 rings (SSSR count). The Morgan fingerprint density at radius 3 is 2.67 bits per heavy atom. The van der Waals surface area contributed by atoms with Crippen LogP contribution in [0.25, 0.3) is 0 Å². The molecule has 7 heteroatoms. The Morgan fingerprint density at radius 1 is 1.39 bits per heavy atom. The number of rotatable bonds is 5. The van der Waals surface area contributed by atoms with Crippen molar-refractivity contribution in [3.63, 3.8) is 0 Å². The molecule has 18 heavy (non-hydrogen) atoms. The summed E-state index contributed by atoms with van der Waals surface area (Å²) >= 11 is 11.6. The Morgan fingerprint density at radius 2 is 2.06 bits per heavy atom. The first-order valence-electron chi connectivity index (χ1n) is 5.11. The third-order valence-electron chi connectivity index (χ3n) is 2.14. The van der Waals surface area contributed by atoms with Crippen molar-refractivity contribution in [3.8, 4) is 0 Å². The van der Waals surface area contributed by atoms with Crippen LogP contribution in [0.5, 0.6) is 0 Å². The SMILES string of the molecule is C[C@@H](NCC(=O)Nc1cc(Cl)ccc1Cl)C(=O)O. The maximum Gasteiger partial charge on any atom is 0.320 e. The molecule has 0 aliphatic heterocycles. The van der Waals surface area contributed by atoms with Gasteiger partial charge in [-0.15, -0.1) is 0 Å². The zero-order chi connectivity index (χ0) is 13.7. The van der Waals surface area contributed by atoms with Crippen LogP contribution in [0.1, 0.15) is 6.92 Å². The zero-order valence-electron chi connectivity index (χ0n) is 9.54. The van der Waals surface area contributed by atoms with Gasteiger partial charge in [-0.1, -0.05) is 23.2 Å². The van der Waals surface area contributed by atoms with Crippen molar-refractivity contribution in [3.05, 3.63) is 28.2 Å². The van der Waals surface area contributed by atoms with E-state index in [0.717, 1.165) is 0 Å². The maximum absolute atomic E-state index is 11.5. The van der Waals surface area contributed by atoms with Gasteiger partial charge in [-0.3, -0.25) is 14.9 Å². The van der Waals surface area contributed by atoms with Crippen LogP contribution in [-0.4, -0.2) is 29.6 Å². The average Bonchev–Trinajstić information content (AvgIpc) is 2.30. The summed E-state index contributed by atoms with van der Waals surface area (Å²) in [6, 6.07) is 3.88. The van der Waals surface area contributed by atoms with Crippen molar-refractivity contribution >= 4 is 40.8 Å². The molecule has 5 nitrogen and oxygen atoms in total. The largest absolute Gasteiger partial charge is 0.480 e. The number of hydrogen-bond donors (Lipinski definition) is 3. The van der Waals surface area contributed by atoms with Crippen molar-refractivity contribution in [2.75, 3.05) is 11.9 Å². The predicted octanol–water partition coefficient (Wildman–Crippen LogP) is 1.99. The first-order chi connectivity index (χ1) is 8.40. The second-order valence-corrected chi connectivity index (χ2v) is 4.46. The maximum atomic E-state index is 11.5. The van der Waals surface area contributed by atoms with E-state index in [-0.39, 0.29) is 6.54 Å². The fourth-order valence-corrected chi connectivity index (χ4v) is 1.46. The molecule has 0 spiro atoms. The molecular formula is C11H12Cl2N2O3. The predicted molar refractivity (Wildman–Crippen MR) is 70.2 cm³/mol. The van der Waals surface area contributed by atoms with E-state index in [1.165, 1.54) is 13.0 Å². The standard InChI is InChI=1S/C11H12Cl2N2O3/c1-6(11(17)18)14-5-10(16)15-9-4-7(12)2-3-8(9)13/h2-4,6,14H,5H2,1H3,(H,15,16)(H,17,18)/t6-/m1/s1. The van der Waals surface area contributed by atoms with E-state index in [0.29, 0.717) is 15.7 Å². The molecular weight excluding hydrogens is 279 g/mol. The minimum atomic E-state index is -1.02. The molecule has 0 saturated carbocycles. The lowest BCUT2D eigenvalue weighted by Gasteiger charge is -2.10. The molecule has 0 unspecified atom stereocenters. The molecule has 1 atom stereocenters. The second kappa shape index (κ2) is 6.58. The van der Waals surface area contributed by atoms with Crippen LogP contribution in [-0.2, 0) is 9.59 Å². The quantitative estimate of drug-likeness (QED) is 0.775. The van der Waals surface area contributed by atoms with Gasteiger partial charge in [-0.2, -0.15) is 0 Å². The van der Waals surface area contributed by atoms with Gasteiger partial charge in [0.25, 0.3) is 0 Å². The van der Waals surface area contributed by atoms with E-state index in [1.54, 1.807) is 12.1 Å². The number of hydrogen-bond acceptors (Lipinski definition) is 3. The highest BCUT2D eigenvalue weighted by molar-refractivity contribution is 6.35. The molecule has 1 aromatic rings. The lowest BCUT2D eigenvalue weighted by molar-refractivity contribution is -0.139. The number of anilines is 1. The van der Waals surface area contributed by atoms with Gasteiger partial charge in [-0.05, 0) is 25.1 Å². The van der Waals surface area contributed by atoms with Crippen LogP contribution >= 0.6 is 23.2 Å². The third kappa shape index (κ3) is 4.52. The first-order valence-corrected chi connectivity index (χ1v) is 5.87. The average molecular weight is 291 g/mol. The Bertz CT molecular complexity index is 466. The van der Waals surface area contributed by atoms with Gasteiger partial charge in [0, 0.05) is 5.02 Å². The minimum Gasteiger partial charge on any atom is -0.480 e. The van der Waals surface area contributed by atoms with E-state index in [9.17, 15) is 9.59 Å². The highest BCUT2D eigenvalue weighted by Crippen LogP contribution is 2.25. The molecule has 0 heterocycles. The molecule has 1 aromatic carbocycles. The number of amides is 1. The minimum absolute atomic E-state index is 0.129. The number of carboxylic acids is 1. The van der Waals surface area contributed by atoms with Crippen LogP contribution in [0.3, 0.4) is 0 Å². The number of nitrogens with one attached hydrogen (secondary N) is 2. The summed E-state index contributed by atoms with van der Waals surface area (Å²) in [5, 5.41) is 14.5. The van der Waals surface area contributed by atoms with Crippen molar-refractivity contribution in [1.29, 1.82) is 0 Å². The number of aliphatic carboxylic acids is 1. The van der Waals surface area contributed by atoms with Gasteiger partial charge < -0.3 is 10.4 Å². The van der Waals surface area contributed by atoms with Gasteiger partial charge >= 0.3 is 5.97 Å². The van der Waals surface area contributed by atoms with E-state index < -0.39 is 17.9 Å². The Kier molecular flexibility index (Phi) is 5.40. The smallest absolute Gasteiger partial charge is 0.320 e. The topological polar surface area (TPSA) is 78.4 Å². The summed E-state index contributed by atoms with van der Waals surface area (Å²) in [4.78, 5) is 22.1. The first kappa shape index (κ1) is 14.8. The lowest BCUT2D eigenvalue weighted by Crippen LogP contribution is -2.39. The normalized spacial score (nSPS) is 11.9. The van der Waals surface area contributed by atoms with Gasteiger partial charge in [0.05, 0.1) is 17.3 Å². The summed E-state index contributed by atoms with van der Waals surface area (Å²) < 4.78 is 0. The number of halogens is 2. The Labute approximate surface area is 114 Å². The monoisotopic (exact) mass is 290 g/mol. The van der Waals surface area contributed by atoms with E-state index in [4.69, 9.17) is 28.3 Å². The summed E-state index contributed by atoms with van der Waals surface area (Å²) in [5.41, 5.74) is 0.388. The molecule has 0 radical (unpaired) electrons. The fraction of sp³-hybridized carbons (Fsp3) is 0.273. The Balaban J connectivity index is 2.54.